The lowest BCUT2D eigenvalue weighted by Gasteiger charge is -2.19. The number of rotatable bonds is 8. The minimum Gasteiger partial charge on any atom is -0.246 e. The van der Waals surface area contributed by atoms with Crippen LogP contribution in [0.15, 0.2) is 60.7 Å². The quantitative estimate of drug-likeness (QED) is 0.360. The normalized spacial score (nSPS) is 14.7. The summed E-state index contributed by atoms with van der Waals surface area (Å²) in [5.41, 5.74) is 4.43. The van der Waals surface area contributed by atoms with Gasteiger partial charge >= 0.3 is 0 Å². The SMILES string of the molecule is CC=CCn1nc(CC2CCCCC2)nc1Cc1ccc(-c2ccccc2-c2nnn[nH]2)cc1. The molecule has 2 heterocycles. The fraction of sp³-hybridized carbons (Fsp3) is 0.370. The van der Waals surface area contributed by atoms with E-state index in [4.69, 9.17) is 10.1 Å². The number of allylic oxidation sites excluding steroid dienone is 2. The van der Waals surface area contributed by atoms with Gasteiger partial charge in [-0.2, -0.15) is 5.10 Å². The van der Waals surface area contributed by atoms with Gasteiger partial charge in [0, 0.05) is 18.4 Å². The molecule has 1 aliphatic rings. The lowest BCUT2D eigenvalue weighted by molar-refractivity contribution is 0.351. The zero-order valence-electron chi connectivity index (χ0n) is 19.7. The van der Waals surface area contributed by atoms with Gasteiger partial charge in [-0.3, -0.25) is 0 Å². The average Bonchev–Trinajstić information content (AvgIpc) is 3.54. The van der Waals surface area contributed by atoms with Crippen LogP contribution >= 0.6 is 0 Å². The van der Waals surface area contributed by atoms with Crippen LogP contribution in [0, 0.1) is 5.92 Å². The summed E-state index contributed by atoms with van der Waals surface area (Å²) in [7, 11) is 0. The lowest BCUT2D eigenvalue weighted by atomic mass is 9.87. The van der Waals surface area contributed by atoms with E-state index in [1.165, 1.54) is 37.7 Å². The van der Waals surface area contributed by atoms with Crippen LogP contribution in [0.2, 0.25) is 0 Å². The highest BCUT2D eigenvalue weighted by atomic mass is 15.5. The van der Waals surface area contributed by atoms with Gasteiger partial charge in [-0.25, -0.2) is 14.8 Å². The number of hydrogen-bond acceptors (Lipinski definition) is 5. The Hall–Kier alpha value is -3.61. The van der Waals surface area contributed by atoms with Crippen molar-refractivity contribution in [1.29, 1.82) is 0 Å². The molecule has 7 heteroatoms. The molecule has 2 aromatic carbocycles. The Labute approximate surface area is 200 Å². The maximum absolute atomic E-state index is 4.97. The number of nitrogens with zero attached hydrogens (tertiary/aromatic N) is 6. The summed E-state index contributed by atoms with van der Waals surface area (Å²) in [6.07, 6.45) is 12.7. The second kappa shape index (κ2) is 10.5. The third-order valence-corrected chi connectivity index (χ3v) is 6.66. The van der Waals surface area contributed by atoms with Crippen molar-refractivity contribution in [3.8, 4) is 22.5 Å². The third-order valence-electron chi connectivity index (χ3n) is 6.66. The van der Waals surface area contributed by atoms with Crippen LogP contribution < -0.4 is 0 Å². The van der Waals surface area contributed by atoms with Gasteiger partial charge < -0.3 is 0 Å². The molecule has 1 saturated carbocycles. The monoisotopic (exact) mass is 453 g/mol. The summed E-state index contributed by atoms with van der Waals surface area (Å²) in [5.74, 6) is 3.43. The van der Waals surface area contributed by atoms with Crippen molar-refractivity contribution in [2.45, 2.75) is 58.4 Å². The maximum atomic E-state index is 4.97. The third kappa shape index (κ3) is 5.14. The van der Waals surface area contributed by atoms with Gasteiger partial charge in [0.1, 0.15) is 5.82 Å². The van der Waals surface area contributed by atoms with Crippen LogP contribution in [0.4, 0.5) is 0 Å². The standard InChI is InChI=1S/C27H31N7/c1-2-3-17-34-26(28-25(31-34)18-20-9-5-4-6-10-20)19-21-13-15-22(16-14-21)23-11-7-8-12-24(23)27-29-32-33-30-27/h2-3,7-8,11-16,20H,4-6,9-10,17-19H2,1H3,(H,29,30,32,33). The summed E-state index contributed by atoms with van der Waals surface area (Å²) < 4.78 is 2.07. The van der Waals surface area contributed by atoms with Gasteiger partial charge in [-0.1, -0.05) is 92.8 Å². The molecular formula is C27H31N7. The molecule has 7 nitrogen and oxygen atoms in total. The Kier molecular flexibility index (Phi) is 6.89. The van der Waals surface area contributed by atoms with Crippen molar-refractivity contribution >= 4 is 0 Å². The van der Waals surface area contributed by atoms with Gasteiger partial charge in [0.25, 0.3) is 0 Å². The minimum absolute atomic E-state index is 0.669. The molecule has 2 aromatic heterocycles. The fourth-order valence-electron chi connectivity index (χ4n) is 4.84. The molecule has 0 bridgehead atoms. The van der Waals surface area contributed by atoms with E-state index in [9.17, 15) is 0 Å². The zero-order chi connectivity index (χ0) is 23.2. The van der Waals surface area contributed by atoms with Gasteiger partial charge in [-0.05, 0) is 40.0 Å². The number of nitrogens with one attached hydrogen (secondary N) is 1. The topological polar surface area (TPSA) is 85.2 Å². The van der Waals surface area contributed by atoms with E-state index in [1.807, 2.05) is 25.1 Å². The predicted octanol–water partition coefficient (Wildman–Crippen LogP) is 5.41. The first-order valence-corrected chi connectivity index (χ1v) is 12.3. The fourth-order valence-corrected chi connectivity index (χ4v) is 4.84. The number of aromatic nitrogens is 7. The molecule has 1 N–H and O–H groups in total. The highest BCUT2D eigenvalue weighted by Crippen LogP contribution is 2.30. The molecule has 174 valence electrons. The molecule has 0 unspecified atom stereocenters. The van der Waals surface area contributed by atoms with Crippen molar-refractivity contribution in [3.05, 3.63) is 77.9 Å². The number of hydrogen-bond donors (Lipinski definition) is 1. The first kappa shape index (κ1) is 22.2. The van der Waals surface area contributed by atoms with Gasteiger partial charge in [-0.15, -0.1) is 5.10 Å². The molecular weight excluding hydrogens is 422 g/mol. The van der Waals surface area contributed by atoms with E-state index in [-0.39, 0.29) is 0 Å². The summed E-state index contributed by atoms with van der Waals surface area (Å²) in [6, 6.07) is 16.8. The summed E-state index contributed by atoms with van der Waals surface area (Å²) in [5, 5.41) is 19.3. The van der Waals surface area contributed by atoms with Crippen LogP contribution in [0.25, 0.3) is 22.5 Å². The van der Waals surface area contributed by atoms with E-state index >= 15 is 0 Å². The van der Waals surface area contributed by atoms with Crippen LogP contribution in [0.5, 0.6) is 0 Å². The Bertz CT molecular complexity index is 1220. The van der Waals surface area contributed by atoms with Crippen LogP contribution in [-0.2, 0) is 19.4 Å². The molecule has 0 amide bonds. The van der Waals surface area contributed by atoms with Crippen LogP contribution in [0.3, 0.4) is 0 Å². The Balaban J connectivity index is 1.35. The molecule has 1 aliphatic carbocycles. The first-order chi connectivity index (χ1) is 16.8. The van der Waals surface area contributed by atoms with Gasteiger partial charge in [0.05, 0.1) is 6.54 Å². The summed E-state index contributed by atoms with van der Waals surface area (Å²) in [6.45, 7) is 2.81. The van der Waals surface area contributed by atoms with E-state index in [2.05, 4.69) is 67.8 Å². The van der Waals surface area contributed by atoms with E-state index in [1.54, 1.807) is 0 Å². The average molecular weight is 454 g/mol. The minimum atomic E-state index is 0.669. The van der Waals surface area contributed by atoms with E-state index < -0.39 is 0 Å². The molecule has 0 spiro atoms. The van der Waals surface area contributed by atoms with Crippen molar-refractivity contribution in [1.82, 2.24) is 35.4 Å². The summed E-state index contributed by atoms with van der Waals surface area (Å²) >= 11 is 0. The van der Waals surface area contributed by atoms with Crippen LogP contribution in [-0.4, -0.2) is 35.4 Å². The molecule has 34 heavy (non-hydrogen) atoms. The van der Waals surface area contributed by atoms with Crippen molar-refractivity contribution in [2.24, 2.45) is 5.92 Å². The van der Waals surface area contributed by atoms with Gasteiger partial charge in [0.2, 0.25) is 0 Å². The molecule has 4 aromatic rings. The second-order valence-corrected chi connectivity index (χ2v) is 9.07. The molecule has 0 saturated heterocycles. The summed E-state index contributed by atoms with van der Waals surface area (Å²) in [4.78, 5) is 4.97. The Morgan fingerprint density at radius 3 is 2.53 bits per heavy atom. The largest absolute Gasteiger partial charge is 0.246 e. The van der Waals surface area contributed by atoms with E-state index in [0.717, 1.165) is 53.6 Å². The molecule has 0 atom stereocenters. The molecule has 0 radical (unpaired) electrons. The van der Waals surface area contributed by atoms with Gasteiger partial charge in [0.15, 0.2) is 11.6 Å². The number of benzene rings is 2. The predicted molar refractivity (Wildman–Crippen MR) is 133 cm³/mol. The second-order valence-electron chi connectivity index (χ2n) is 9.07. The first-order valence-electron chi connectivity index (χ1n) is 12.3. The Morgan fingerprint density at radius 2 is 1.79 bits per heavy atom. The molecule has 1 fully saturated rings. The smallest absolute Gasteiger partial charge is 0.180 e. The van der Waals surface area contributed by atoms with Crippen molar-refractivity contribution in [2.75, 3.05) is 0 Å². The zero-order valence-corrected chi connectivity index (χ0v) is 19.7. The number of aromatic amines is 1. The maximum Gasteiger partial charge on any atom is 0.180 e. The van der Waals surface area contributed by atoms with Crippen molar-refractivity contribution < 1.29 is 0 Å². The Morgan fingerprint density at radius 1 is 1.00 bits per heavy atom. The van der Waals surface area contributed by atoms with Crippen LogP contribution in [0.1, 0.15) is 56.2 Å². The highest BCUT2D eigenvalue weighted by Gasteiger charge is 2.18. The highest BCUT2D eigenvalue weighted by molar-refractivity contribution is 5.80. The van der Waals surface area contributed by atoms with Crippen molar-refractivity contribution in [3.63, 3.8) is 0 Å². The number of H-pyrrole nitrogens is 1. The van der Waals surface area contributed by atoms with E-state index in [0.29, 0.717) is 5.82 Å². The molecule has 0 aliphatic heterocycles. The molecule has 5 rings (SSSR count). The number of tetrazole rings is 1. The lowest BCUT2D eigenvalue weighted by Crippen LogP contribution is -2.10.